The van der Waals surface area contributed by atoms with Crippen LogP contribution in [0.25, 0.3) is 0 Å². The number of benzene rings is 1. The van der Waals surface area contributed by atoms with Crippen LogP contribution in [0.3, 0.4) is 0 Å². The van der Waals surface area contributed by atoms with E-state index in [1.807, 2.05) is 25.1 Å². The Kier molecular flexibility index (Phi) is 7.83. The molecular weight excluding hydrogens is 406 g/mol. The van der Waals surface area contributed by atoms with Crippen LogP contribution >= 0.6 is 0 Å². The average molecular weight is 436 g/mol. The fourth-order valence-electron chi connectivity index (χ4n) is 3.34. The number of aliphatic imine (C=N–C) groups is 1. The molecule has 1 aliphatic rings. The van der Waals surface area contributed by atoms with Crippen LogP contribution in [0.5, 0.6) is 0 Å². The molecule has 2 heterocycles. The molecule has 0 unspecified atom stereocenters. The summed E-state index contributed by atoms with van der Waals surface area (Å²) in [5, 5.41) is 7.02. The Morgan fingerprint density at radius 1 is 1.23 bits per heavy atom. The summed E-state index contributed by atoms with van der Waals surface area (Å²) < 4.78 is 36.7. The van der Waals surface area contributed by atoms with Crippen LogP contribution in [0, 0.1) is 0 Å². The highest BCUT2D eigenvalue weighted by Crippen LogP contribution is 2.13. The zero-order valence-electron chi connectivity index (χ0n) is 17.5. The third-order valence-electron chi connectivity index (χ3n) is 4.80. The lowest BCUT2D eigenvalue weighted by molar-refractivity contribution is 0.185. The molecule has 1 N–H and O–H groups in total. The van der Waals surface area contributed by atoms with Gasteiger partial charge in [-0.05, 0) is 18.1 Å². The minimum absolute atomic E-state index is 0.143. The van der Waals surface area contributed by atoms with Crippen molar-refractivity contribution in [3.63, 3.8) is 0 Å². The number of guanidine groups is 1. The van der Waals surface area contributed by atoms with Crippen LogP contribution in [-0.2, 0) is 33.7 Å². The van der Waals surface area contributed by atoms with E-state index in [1.54, 1.807) is 13.2 Å². The number of hydrogen-bond donors (Lipinski definition) is 1. The van der Waals surface area contributed by atoms with Gasteiger partial charge in [0.1, 0.15) is 12.0 Å². The summed E-state index contributed by atoms with van der Waals surface area (Å²) in [6.45, 7) is 5.86. The van der Waals surface area contributed by atoms with Crippen LogP contribution in [0.1, 0.15) is 23.7 Å². The van der Waals surface area contributed by atoms with Gasteiger partial charge in [-0.3, -0.25) is 0 Å². The van der Waals surface area contributed by atoms with E-state index in [0.717, 1.165) is 23.6 Å². The maximum Gasteiger partial charge on any atom is 0.220 e. The molecular formula is C20H29N5O4S. The molecule has 1 saturated heterocycles. The lowest BCUT2D eigenvalue weighted by Crippen LogP contribution is -2.53. The zero-order chi connectivity index (χ0) is 21.4. The Morgan fingerprint density at radius 2 is 2.00 bits per heavy atom. The zero-order valence-corrected chi connectivity index (χ0v) is 18.3. The Balaban J connectivity index is 1.61. The molecule has 0 radical (unpaired) electrons. The third-order valence-corrected chi connectivity index (χ3v) is 6.61. The molecule has 3 rings (SSSR count). The van der Waals surface area contributed by atoms with Gasteiger partial charge in [0.25, 0.3) is 0 Å². The molecule has 1 aromatic carbocycles. The monoisotopic (exact) mass is 435 g/mol. The van der Waals surface area contributed by atoms with E-state index >= 15 is 0 Å². The molecule has 30 heavy (non-hydrogen) atoms. The lowest BCUT2D eigenvalue weighted by atomic mass is 10.1. The highest BCUT2D eigenvalue weighted by Gasteiger charge is 2.28. The fraction of sp³-hybridized carbons (Fsp3) is 0.500. The normalized spacial score (nSPS) is 16.1. The fourth-order valence-corrected chi connectivity index (χ4v) is 4.77. The molecule has 0 atom stereocenters. The van der Waals surface area contributed by atoms with Gasteiger partial charge in [-0.2, -0.15) is 4.31 Å². The minimum atomic E-state index is -3.42. The summed E-state index contributed by atoms with van der Waals surface area (Å²) in [6, 6.07) is 9.74. The minimum Gasteiger partial charge on any atom is -0.380 e. The number of methoxy groups -OCH3 is 1. The lowest BCUT2D eigenvalue weighted by Gasteiger charge is -2.35. The van der Waals surface area contributed by atoms with E-state index in [9.17, 15) is 8.42 Å². The molecule has 0 spiro atoms. The van der Waals surface area contributed by atoms with Crippen LogP contribution in [0.15, 0.2) is 46.1 Å². The van der Waals surface area contributed by atoms with Crippen molar-refractivity contribution in [2.24, 2.45) is 4.99 Å². The van der Waals surface area contributed by atoms with Gasteiger partial charge in [0.05, 0.1) is 18.8 Å². The van der Waals surface area contributed by atoms with E-state index in [1.165, 1.54) is 10.6 Å². The van der Waals surface area contributed by atoms with Crippen molar-refractivity contribution in [1.82, 2.24) is 19.7 Å². The predicted octanol–water partition coefficient (Wildman–Crippen LogP) is 1.43. The topological polar surface area (TPSA) is 100 Å². The number of rotatable bonds is 8. The number of ether oxygens (including phenoxy) is 1. The second-order valence-corrected chi connectivity index (χ2v) is 9.03. The van der Waals surface area contributed by atoms with Gasteiger partial charge in [0.15, 0.2) is 5.96 Å². The Morgan fingerprint density at radius 3 is 2.67 bits per heavy atom. The van der Waals surface area contributed by atoms with E-state index in [4.69, 9.17) is 14.3 Å². The summed E-state index contributed by atoms with van der Waals surface area (Å²) in [6.07, 6.45) is 1.38. The first kappa shape index (κ1) is 22.3. The Hall–Kier alpha value is -2.43. The first-order chi connectivity index (χ1) is 14.5. The molecule has 0 aliphatic carbocycles. The largest absolute Gasteiger partial charge is 0.380 e. The van der Waals surface area contributed by atoms with Crippen LogP contribution < -0.4 is 5.32 Å². The molecule has 1 aromatic heterocycles. The van der Waals surface area contributed by atoms with Gasteiger partial charge < -0.3 is 19.5 Å². The Bertz CT molecular complexity index is 922. The van der Waals surface area contributed by atoms with Crippen LogP contribution in [0.2, 0.25) is 0 Å². The predicted molar refractivity (Wildman–Crippen MR) is 114 cm³/mol. The molecule has 1 fully saturated rings. The molecule has 1 aliphatic heterocycles. The first-order valence-corrected chi connectivity index (χ1v) is 11.6. The summed E-state index contributed by atoms with van der Waals surface area (Å²) in [4.78, 5) is 6.86. The maximum atomic E-state index is 12.6. The van der Waals surface area contributed by atoms with Crippen molar-refractivity contribution in [1.29, 1.82) is 0 Å². The van der Waals surface area contributed by atoms with Crippen molar-refractivity contribution < 1.29 is 17.7 Å². The number of sulfonamides is 1. The number of hydrogen-bond acceptors (Lipinski definition) is 6. The van der Waals surface area contributed by atoms with Gasteiger partial charge in [0, 0.05) is 45.9 Å². The SMILES string of the molecule is CCNC(=NCc1cccc(COC)c1)N1CCN(S(=O)(=O)Cc2ccon2)CC1. The molecule has 0 saturated carbocycles. The van der Waals surface area contributed by atoms with Crippen molar-refractivity contribution in [3.8, 4) is 0 Å². The van der Waals surface area contributed by atoms with E-state index in [0.29, 0.717) is 45.0 Å². The van der Waals surface area contributed by atoms with Gasteiger partial charge in [0.2, 0.25) is 10.0 Å². The van der Waals surface area contributed by atoms with Crippen LogP contribution in [-0.4, -0.2) is 68.6 Å². The highest BCUT2D eigenvalue weighted by atomic mass is 32.2. The highest BCUT2D eigenvalue weighted by molar-refractivity contribution is 7.88. The van der Waals surface area contributed by atoms with E-state index < -0.39 is 10.0 Å². The maximum absolute atomic E-state index is 12.6. The smallest absolute Gasteiger partial charge is 0.220 e. The number of nitrogens with zero attached hydrogens (tertiary/aromatic N) is 4. The summed E-state index contributed by atoms with van der Waals surface area (Å²) >= 11 is 0. The number of piperazine rings is 1. The summed E-state index contributed by atoms with van der Waals surface area (Å²) in [5.41, 5.74) is 2.64. The molecule has 164 valence electrons. The molecule has 9 nitrogen and oxygen atoms in total. The second kappa shape index (κ2) is 10.6. The summed E-state index contributed by atoms with van der Waals surface area (Å²) in [5.74, 6) is 0.651. The molecule has 0 amide bonds. The second-order valence-electron chi connectivity index (χ2n) is 7.06. The van der Waals surface area contributed by atoms with E-state index in [-0.39, 0.29) is 5.75 Å². The first-order valence-electron chi connectivity index (χ1n) is 9.99. The molecule has 0 bridgehead atoms. The standard InChI is InChI=1S/C20H29N5O4S/c1-3-21-20(22-14-17-5-4-6-18(13-17)15-28-2)24-8-10-25(11-9-24)30(26,27)16-19-7-12-29-23-19/h4-7,12-13H,3,8-11,14-16H2,1-2H3,(H,21,22). The van der Waals surface area contributed by atoms with Gasteiger partial charge >= 0.3 is 0 Å². The molecule has 2 aromatic rings. The van der Waals surface area contributed by atoms with Crippen LogP contribution in [0.4, 0.5) is 0 Å². The van der Waals surface area contributed by atoms with Crippen molar-refractivity contribution in [3.05, 3.63) is 53.4 Å². The average Bonchev–Trinajstić information content (AvgIpc) is 3.24. The third kappa shape index (κ3) is 6.04. The summed E-state index contributed by atoms with van der Waals surface area (Å²) in [7, 11) is -1.74. The van der Waals surface area contributed by atoms with Gasteiger partial charge in [-0.1, -0.05) is 29.4 Å². The Labute approximate surface area is 177 Å². The van der Waals surface area contributed by atoms with Gasteiger partial charge in [-0.15, -0.1) is 0 Å². The number of nitrogens with one attached hydrogen (secondary N) is 1. The van der Waals surface area contributed by atoms with Crippen molar-refractivity contribution >= 4 is 16.0 Å². The van der Waals surface area contributed by atoms with Crippen molar-refractivity contribution in [2.75, 3.05) is 39.8 Å². The van der Waals surface area contributed by atoms with E-state index in [2.05, 4.69) is 21.4 Å². The number of aromatic nitrogens is 1. The van der Waals surface area contributed by atoms with Crippen molar-refractivity contribution in [2.45, 2.75) is 25.8 Å². The van der Waals surface area contributed by atoms with Gasteiger partial charge in [-0.25, -0.2) is 13.4 Å². The quantitative estimate of drug-likeness (QED) is 0.495. The molecule has 10 heteroatoms.